The minimum Gasteiger partial charge on any atom is -0.460 e. The molecule has 4 heteroatoms. The second-order valence-corrected chi connectivity index (χ2v) is 7.01. The second kappa shape index (κ2) is 8.97. The molecule has 0 bridgehead atoms. The molecule has 1 N–H and O–H groups in total. The van der Waals surface area contributed by atoms with E-state index in [1.165, 1.54) is 18.1 Å². The van der Waals surface area contributed by atoms with E-state index < -0.39 is 12.2 Å². The second-order valence-electron chi connectivity index (χ2n) is 7.01. The van der Waals surface area contributed by atoms with Gasteiger partial charge in [-0.3, -0.25) is 9.69 Å². The molecule has 1 saturated carbocycles. The molecule has 3 atom stereocenters. The Morgan fingerprint density at radius 1 is 1.00 bits per heavy atom. The average Bonchev–Trinajstić information content (AvgIpc) is 2.64. The third-order valence-electron chi connectivity index (χ3n) is 5.01. The minimum atomic E-state index is -0.667. The number of carbonyl (C=O) groups excluding carboxylic acids is 1. The van der Waals surface area contributed by atoms with Crippen molar-refractivity contribution in [3.8, 4) is 0 Å². The highest BCUT2D eigenvalue weighted by Gasteiger charge is 2.37. The zero-order chi connectivity index (χ0) is 18.4. The Balaban J connectivity index is 1.80. The van der Waals surface area contributed by atoms with Crippen LogP contribution in [0.4, 0.5) is 0 Å². The fourth-order valence-electron chi connectivity index (χ4n) is 3.78. The average molecular weight is 353 g/mol. The summed E-state index contributed by atoms with van der Waals surface area (Å²) in [5.41, 5.74) is 2.43. The fraction of sp³-hybridized carbons (Fsp3) is 0.409. The molecular formula is C22H27NO3. The summed E-state index contributed by atoms with van der Waals surface area (Å²) in [7, 11) is 0. The number of nitrogens with zero attached hydrogens (tertiary/aromatic N) is 1. The van der Waals surface area contributed by atoms with E-state index in [-0.39, 0.29) is 12.0 Å². The number of hydrogen-bond acceptors (Lipinski definition) is 4. The Bertz CT molecular complexity index is 648. The van der Waals surface area contributed by atoms with Crippen LogP contribution < -0.4 is 0 Å². The van der Waals surface area contributed by atoms with Crippen molar-refractivity contribution in [1.29, 1.82) is 0 Å². The summed E-state index contributed by atoms with van der Waals surface area (Å²) in [4.78, 5) is 13.7. The lowest BCUT2D eigenvalue weighted by molar-refractivity contribution is -0.159. The first-order chi connectivity index (χ1) is 12.6. The highest BCUT2D eigenvalue weighted by Crippen LogP contribution is 2.28. The monoisotopic (exact) mass is 353 g/mol. The molecule has 1 aliphatic carbocycles. The predicted molar refractivity (Wildman–Crippen MR) is 101 cm³/mol. The van der Waals surface area contributed by atoms with Crippen LogP contribution in [-0.2, 0) is 22.6 Å². The van der Waals surface area contributed by atoms with Crippen LogP contribution in [0.1, 0.15) is 37.3 Å². The van der Waals surface area contributed by atoms with Crippen molar-refractivity contribution in [3.63, 3.8) is 0 Å². The van der Waals surface area contributed by atoms with Crippen LogP contribution in [0.15, 0.2) is 60.7 Å². The maximum absolute atomic E-state index is 11.4. The van der Waals surface area contributed by atoms with Crippen LogP contribution in [0.25, 0.3) is 0 Å². The number of carbonyl (C=O) groups is 1. The van der Waals surface area contributed by atoms with Crippen molar-refractivity contribution in [2.45, 2.75) is 57.5 Å². The molecule has 1 aliphatic rings. The third-order valence-corrected chi connectivity index (χ3v) is 5.01. The summed E-state index contributed by atoms with van der Waals surface area (Å²) in [6.07, 6.45) is 1.49. The SMILES string of the molecule is CC(=O)O[C@@H]1CCC[C@@H](N(Cc2ccccc2)Cc2ccccc2)[C@@H]1O. The standard InChI is InChI=1S/C22H27NO3/c1-17(24)26-21-14-8-13-20(22(21)25)23(15-18-9-4-2-5-10-18)16-19-11-6-3-7-12-19/h2-7,9-12,20-22,25H,8,13-16H2,1H3/t20-,21-,22+/m1/s1. The molecule has 0 radical (unpaired) electrons. The quantitative estimate of drug-likeness (QED) is 0.807. The van der Waals surface area contributed by atoms with Gasteiger partial charge in [0.25, 0.3) is 0 Å². The normalized spacial score (nSPS) is 23.0. The van der Waals surface area contributed by atoms with Crippen molar-refractivity contribution in [1.82, 2.24) is 4.90 Å². The molecule has 0 aromatic heterocycles. The molecule has 138 valence electrons. The van der Waals surface area contributed by atoms with Gasteiger partial charge >= 0.3 is 5.97 Å². The van der Waals surface area contributed by atoms with Crippen LogP contribution in [0.2, 0.25) is 0 Å². The first-order valence-electron chi connectivity index (χ1n) is 9.30. The van der Waals surface area contributed by atoms with Crippen LogP contribution in [-0.4, -0.2) is 34.2 Å². The van der Waals surface area contributed by atoms with E-state index >= 15 is 0 Å². The van der Waals surface area contributed by atoms with Crippen molar-refractivity contribution in [2.75, 3.05) is 0 Å². The van der Waals surface area contributed by atoms with Crippen molar-refractivity contribution in [3.05, 3.63) is 71.8 Å². The molecule has 2 aromatic rings. The Morgan fingerprint density at radius 2 is 1.54 bits per heavy atom. The number of aliphatic hydroxyl groups excluding tert-OH is 1. The lowest BCUT2D eigenvalue weighted by Crippen LogP contribution is -2.51. The van der Waals surface area contributed by atoms with Gasteiger partial charge in [0.2, 0.25) is 0 Å². The predicted octanol–water partition coefficient (Wildman–Crippen LogP) is 3.53. The van der Waals surface area contributed by atoms with Gasteiger partial charge in [0.15, 0.2) is 0 Å². The number of rotatable bonds is 6. The van der Waals surface area contributed by atoms with Crippen LogP contribution in [0.5, 0.6) is 0 Å². The highest BCUT2D eigenvalue weighted by molar-refractivity contribution is 5.66. The molecule has 26 heavy (non-hydrogen) atoms. The summed E-state index contributed by atoms with van der Waals surface area (Å²) >= 11 is 0. The maximum atomic E-state index is 11.4. The first-order valence-corrected chi connectivity index (χ1v) is 9.30. The molecule has 2 aromatic carbocycles. The molecule has 0 aliphatic heterocycles. The Hall–Kier alpha value is -2.17. The van der Waals surface area contributed by atoms with Gasteiger partial charge in [-0.15, -0.1) is 0 Å². The van der Waals surface area contributed by atoms with Gasteiger partial charge < -0.3 is 9.84 Å². The van der Waals surface area contributed by atoms with Gasteiger partial charge in [0.1, 0.15) is 12.2 Å². The van der Waals surface area contributed by atoms with Crippen LogP contribution in [0.3, 0.4) is 0 Å². The molecule has 0 saturated heterocycles. The van der Waals surface area contributed by atoms with Crippen LogP contribution >= 0.6 is 0 Å². The van der Waals surface area contributed by atoms with Gasteiger partial charge in [-0.2, -0.15) is 0 Å². The largest absolute Gasteiger partial charge is 0.460 e. The van der Waals surface area contributed by atoms with E-state index in [1.54, 1.807) is 0 Å². The number of hydrogen-bond donors (Lipinski definition) is 1. The molecule has 0 heterocycles. The van der Waals surface area contributed by atoms with Gasteiger partial charge in [-0.25, -0.2) is 0 Å². The lowest BCUT2D eigenvalue weighted by Gasteiger charge is -2.41. The zero-order valence-electron chi connectivity index (χ0n) is 15.3. The van der Waals surface area contributed by atoms with E-state index in [2.05, 4.69) is 29.2 Å². The van der Waals surface area contributed by atoms with Gasteiger partial charge in [-0.1, -0.05) is 60.7 Å². The first kappa shape index (κ1) is 18.6. The number of aliphatic hydroxyl groups is 1. The summed E-state index contributed by atoms with van der Waals surface area (Å²) < 4.78 is 5.37. The molecule has 0 amide bonds. The van der Waals surface area contributed by atoms with Crippen LogP contribution in [0, 0.1) is 0 Å². The molecule has 0 spiro atoms. The van der Waals surface area contributed by atoms with Crippen molar-refractivity contribution < 1.29 is 14.6 Å². The number of benzene rings is 2. The van der Waals surface area contributed by atoms with Gasteiger partial charge in [0, 0.05) is 26.1 Å². The molecule has 1 fully saturated rings. The third kappa shape index (κ3) is 4.93. The smallest absolute Gasteiger partial charge is 0.302 e. The minimum absolute atomic E-state index is 0.0338. The van der Waals surface area contributed by atoms with Crippen molar-refractivity contribution >= 4 is 5.97 Å². The summed E-state index contributed by atoms with van der Waals surface area (Å²) in [6, 6.07) is 20.6. The molecule has 4 nitrogen and oxygen atoms in total. The van der Waals surface area contributed by atoms with E-state index in [9.17, 15) is 9.90 Å². The van der Waals surface area contributed by atoms with E-state index in [0.29, 0.717) is 0 Å². The Kier molecular flexibility index (Phi) is 6.42. The Labute approximate surface area is 155 Å². The lowest BCUT2D eigenvalue weighted by atomic mass is 9.88. The van der Waals surface area contributed by atoms with Gasteiger partial charge in [-0.05, 0) is 30.4 Å². The Morgan fingerprint density at radius 3 is 2.04 bits per heavy atom. The molecule has 3 rings (SSSR count). The summed E-state index contributed by atoms with van der Waals surface area (Å²) in [5.74, 6) is -0.327. The fourth-order valence-corrected chi connectivity index (χ4v) is 3.78. The highest BCUT2D eigenvalue weighted by atomic mass is 16.6. The maximum Gasteiger partial charge on any atom is 0.302 e. The zero-order valence-corrected chi connectivity index (χ0v) is 15.3. The van der Waals surface area contributed by atoms with Gasteiger partial charge in [0.05, 0.1) is 0 Å². The van der Waals surface area contributed by atoms with E-state index in [0.717, 1.165) is 32.4 Å². The number of esters is 1. The van der Waals surface area contributed by atoms with E-state index in [1.807, 2.05) is 36.4 Å². The number of ether oxygens (including phenoxy) is 1. The molecular weight excluding hydrogens is 326 g/mol. The van der Waals surface area contributed by atoms with Crippen molar-refractivity contribution in [2.24, 2.45) is 0 Å². The summed E-state index contributed by atoms with van der Waals surface area (Å²) in [6.45, 7) is 2.91. The topological polar surface area (TPSA) is 49.8 Å². The molecule has 0 unspecified atom stereocenters. The summed E-state index contributed by atoms with van der Waals surface area (Å²) in [5, 5.41) is 10.9. The van der Waals surface area contributed by atoms with E-state index in [4.69, 9.17) is 4.74 Å².